The molecule has 1 aromatic rings. The molecule has 0 spiro atoms. The number of carbonyl (C=O) groups is 3. The minimum Gasteiger partial charge on any atom is -0.459 e. The lowest BCUT2D eigenvalue weighted by atomic mass is 10.1. The van der Waals surface area contributed by atoms with Crippen LogP contribution in [-0.2, 0) is 14.3 Å². The minimum atomic E-state index is -0.741. The van der Waals surface area contributed by atoms with E-state index >= 15 is 0 Å². The molecule has 1 aromatic heterocycles. The molecule has 0 fully saturated rings. The number of amides is 1. The van der Waals surface area contributed by atoms with Crippen LogP contribution < -0.4 is 5.32 Å². The zero-order valence-corrected chi connectivity index (χ0v) is 14.2. The summed E-state index contributed by atoms with van der Waals surface area (Å²) in [4.78, 5) is 38.4. The number of nitriles is 1. The molecule has 0 unspecified atom stereocenters. The van der Waals surface area contributed by atoms with Gasteiger partial charge in [-0.25, -0.2) is 9.59 Å². The maximum absolute atomic E-state index is 12.1. The summed E-state index contributed by atoms with van der Waals surface area (Å²) in [6.45, 7) is 6.44. The third-order valence-corrected chi connectivity index (χ3v) is 3.08. The number of hydrogen-bond donors (Lipinski definition) is 2. The summed E-state index contributed by atoms with van der Waals surface area (Å²) < 4.78 is 10.1. The monoisotopic (exact) mass is 335 g/mol. The highest BCUT2D eigenvalue weighted by molar-refractivity contribution is 5.99. The normalized spacial score (nSPS) is 10.2. The molecule has 24 heavy (non-hydrogen) atoms. The smallest absolute Gasteiger partial charge is 0.355 e. The Morgan fingerprint density at radius 2 is 1.92 bits per heavy atom. The van der Waals surface area contributed by atoms with Gasteiger partial charge < -0.3 is 19.8 Å². The predicted octanol–water partition coefficient (Wildman–Crippen LogP) is 1.38. The number of hydrogen-bond acceptors (Lipinski definition) is 6. The lowest BCUT2D eigenvalue weighted by Gasteiger charge is -2.08. The molecule has 0 aliphatic carbocycles. The van der Waals surface area contributed by atoms with Gasteiger partial charge in [0, 0.05) is 12.2 Å². The lowest BCUT2D eigenvalue weighted by molar-refractivity contribution is -0.124. The summed E-state index contributed by atoms with van der Waals surface area (Å²) in [7, 11) is 0. The summed E-state index contributed by atoms with van der Waals surface area (Å²) >= 11 is 0. The molecule has 8 nitrogen and oxygen atoms in total. The van der Waals surface area contributed by atoms with Gasteiger partial charge in [0.2, 0.25) is 0 Å². The van der Waals surface area contributed by atoms with Gasteiger partial charge in [-0.2, -0.15) is 5.26 Å². The number of aromatic nitrogens is 1. The Balaban J connectivity index is 2.74. The maximum atomic E-state index is 12.1. The Kier molecular flexibility index (Phi) is 6.98. The van der Waals surface area contributed by atoms with Gasteiger partial charge in [-0.15, -0.1) is 0 Å². The van der Waals surface area contributed by atoms with Crippen LogP contribution in [0.3, 0.4) is 0 Å². The molecule has 2 N–H and O–H groups in total. The molecule has 1 amide bonds. The van der Waals surface area contributed by atoms with E-state index in [1.165, 1.54) is 0 Å². The number of nitrogens with zero attached hydrogens (tertiary/aromatic N) is 1. The third-order valence-electron chi connectivity index (χ3n) is 3.08. The number of aromatic amines is 1. The largest absolute Gasteiger partial charge is 0.459 e. The summed E-state index contributed by atoms with van der Waals surface area (Å²) in [5.41, 5.74) is 1.29. The van der Waals surface area contributed by atoms with Gasteiger partial charge in [-0.05, 0) is 33.3 Å². The molecule has 8 heteroatoms. The number of H-pyrrole nitrogens is 1. The quantitative estimate of drug-likeness (QED) is 0.573. The molecule has 1 heterocycles. The first-order chi connectivity index (χ1) is 11.3. The van der Waals surface area contributed by atoms with Crippen molar-refractivity contribution in [3.63, 3.8) is 0 Å². The van der Waals surface area contributed by atoms with Crippen molar-refractivity contribution in [1.29, 1.82) is 5.26 Å². The molecular weight excluding hydrogens is 314 g/mol. The van der Waals surface area contributed by atoms with E-state index in [9.17, 15) is 14.4 Å². The van der Waals surface area contributed by atoms with E-state index in [1.807, 2.05) is 6.07 Å². The van der Waals surface area contributed by atoms with Crippen LogP contribution >= 0.6 is 0 Å². The average molecular weight is 335 g/mol. The van der Waals surface area contributed by atoms with Crippen LogP contribution in [0.2, 0.25) is 0 Å². The Labute approximate surface area is 140 Å². The van der Waals surface area contributed by atoms with Gasteiger partial charge >= 0.3 is 11.9 Å². The molecule has 0 bridgehead atoms. The highest BCUT2D eigenvalue weighted by atomic mass is 16.5. The first-order valence-corrected chi connectivity index (χ1v) is 7.48. The Morgan fingerprint density at radius 1 is 1.25 bits per heavy atom. The van der Waals surface area contributed by atoms with Crippen LogP contribution in [0, 0.1) is 25.2 Å². The van der Waals surface area contributed by atoms with E-state index in [2.05, 4.69) is 10.3 Å². The van der Waals surface area contributed by atoms with E-state index in [4.69, 9.17) is 14.7 Å². The summed E-state index contributed by atoms with van der Waals surface area (Å²) in [6, 6.07) is 1.88. The van der Waals surface area contributed by atoms with Crippen molar-refractivity contribution < 1.29 is 23.9 Å². The SMILES string of the molecule is Cc1[nH]c(C(=O)OCC(=O)NCCC#N)c(C)c1C(=O)OC(C)C. The number of aryl methyl sites for hydroxylation is 1. The van der Waals surface area contributed by atoms with Crippen molar-refractivity contribution in [3.05, 3.63) is 22.5 Å². The molecule has 0 aromatic carbocycles. The van der Waals surface area contributed by atoms with Gasteiger partial charge in [0.05, 0.1) is 24.2 Å². The zero-order chi connectivity index (χ0) is 18.3. The van der Waals surface area contributed by atoms with Crippen molar-refractivity contribution in [1.82, 2.24) is 10.3 Å². The Bertz CT molecular complexity index is 670. The molecule has 0 aliphatic heterocycles. The van der Waals surface area contributed by atoms with Crippen LogP contribution in [0.4, 0.5) is 0 Å². The van der Waals surface area contributed by atoms with Gasteiger partial charge in [0.25, 0.3) is 5.91 Å². The summed E-state index contributed by atoms with van der Waals surface area (Å²) in [5.74, 6) is -1.77. The topological polar surface area (TPSA) is 121 Å². The number of carbonyl (C=O) groups excluding carboxylic acids is 3. The number of esters is 2. The predicted molar refractivity (Wildman–Crippen MR) is 84.3 cm³/mol. The van der Waals surface area contributed by atoms with E-state index in [0.29, 0.717) is 11.3 Å². The molecule has 0 atom stereocenters. The number of nitrogens with one attached hydrogen (secondary N) is 2. The molecule has 130 valence electrons. The summed E-state index contributed by atoms with van der Waals surface area (Å²) in [6.07, 6.45) is -0.102. The van der Waals surface area contributed by atoms with Gasteiger partial charge in [-0.3, -0.25) is 4.79 Å². The second-order valence-corrected chi connectivity index (χ2v) is 5.41. The van der Waals surface area contributed by atoms with Gasteiger partial charge in [0.15, 0.2) is 6.61 Å². The van der Waals surface area contributed by atoms with Crippen LogP contribution in [0.15, 0.2) is 0 Å². The lowest BCUT2D eigenvalue weighted by Crippen LogP contribution is -2.29. The molecule has 0 aliphatic rings. The molecule has 0 radical (unpaired) electrons. The first-order valence-electron chi connectivity index (χ1n) is 7.48. The van der Waals surface area contributed by atoms with Crippen molar-refractivity contribution in [2.75, 3.05) is 13.2 Å². The fourth-order valence-corrected chi connectivity index (χ4v) is 2.05. The number of rotatable bonds is 7. The summed E-state index contributed by atoms with van der Waals surface area (Å²) in [5, 5.41) is 10.8. The second kappa shape index (κ2) is 8.72. The van der Waals surface area contributed by atoms with E-state index in [1.54, 1.807) is 27.7 Å². The fraction of sp³-hybridized carbons (Fsp3) is 0.500. The van der Waals surface area contributed by atoms with E-state index < -0.39 is 24.5 Å². The first kappa shape index (κ1) is 19.2. The molecule has 0 saturated carbocycles. The average Bonchev–Trinajstić information content (AvgIpc) is 2.79. The highest BCUT2D eigenvalue weighted by Crippen LogP contribution is 2.20. The van der Waals surface area contributed by atoms with Crippen molar-refractivity contribution in [2.45, 2.75) is 40.2 Å². The van der Waals surface area contributed by atoms with Crippen molar-refractivity contribution >= 4 is 17.8 Å². The second-order valence-electron chi connectivity index (χ2n) is 5.41. The zero-order valence-electron chi connectivity index (χ0n) is 14.2. The standard InChI is InChI=1S/C16H21N3O5/c1-9(2)24-15(21)13-10(3)14(19-11(13)4)16(22)23-8-12(20)18-7-5-6-17/h9,19H,5,7-8H2,1-4H3,(H,18,20). The Hall–Kier alpha value is -2.82. The molecular formula is C16H21N3O5. The number of ether oxygens (including phenoxy) is 2. The van der Waals surface area contributed by atoms with Crippen LogP contribution in [-0.4, -0.2) is 42.1 Å². The van der Waals surface area contributed by atoms with Crippen molar-refractivity contribution in [3.8, 4) is 6.07 Å². The van der Waals surface area contributed by atoms with Crippen LogP contribution in [0.25, 0.3) is 0 Å². The van der Waals surface area contributed by atoms with E-state index in [-0.39, 0.29) is 30.3 Å². The minimum absolute atomic E-state index is 0.105. The fourth-order valence-electron chi connectivity index (χ4n) is 2.05. The third kappa shape index (κ3) is 5.12. The molecule has 1 rings (SSSR count). The van der Waals surface area contributed by atoms with E-state index in [0.717, 1.165) is 0 Å². The van der Waals surface area contributed by atoms with Gasteiger partial charge in [-0.1, -0.05) is 0 Å². The van der Waals surface area contributed by atoms with Gasteiger partial charge in [0.1, 0.15) is 5.69 Å². The maximum Gasteiger partial charge on any atom is 0.355 e. The molecule has 0 saturated heterocycles. The van der Waals surface area contributed by atoms with Crippen molar-refractivity contribution in [2.24, 2.45) is 0 Å². The Morgan fingerprint density at radius 3 is 2.50 bits per heavy atom. The van der Waals surface area contributed by atoms with Crippen LogP contribution in [0.1, 0.15) is 52.4 Å². The van der Waals surface area contributed by atoms with Crippen LogP contribution in [0.5, 0.6) is 0 Å². The highest BCUT2D eigenvalue weighted by Gasteiger charge is 2.24.